The number of hydrogen-bond donors (Lipinski definition) is 4. The molecule has 4 rings (SSSR count). The van der Waals surface area contributed by atoms with E-state index in [2.05, 4.69) is 59.2 Å². The number of likely N-dealkylation sites (tertiary alicyclic amines) is 1. The molecule has 32 heavy (non-hydrogen) atoms. The van der Waals surface area contributed by atoms with Crippen LogP contribution < -0.4 is 26.4 Å². The smallest absolute Gasteiger partial charge is 0.128 e. The van der Waals surface area contributed by atoms with E-state index in [1.165, 1.54) is 60.0 Å². The number of thioether (sulfide) groups is 2. The fourth-order valence-corrected chi connectivity index (χ4v) is 6.57. The summed E-state index contributed by atoms with van der Waals surface area (Å²) >= 11 is 3.84. The number of nitrogens with zero attached hydrogens (tertiary/aromatic N) is 1. The lowest BCUT2D eigenvalue weighted by Crippen LogP contribution is -2.56. The highest BCUT2D eigenvalue weighted by Crippen LogP contribution is 2.44. The molecule has 1 fully saturated rings. The van der Waals surface area contributed by atoms with Crippen LogP contribution in [0.15, 0.2) is 23.1 Å². The molecule has 1 saturated heterocycles. The van der Waals surface area contributed by atoms with E-state index < -0.39 is 0 Å². The van der Waals surface area contributed by atoms with Crippen LogP contribution in [0.2, 0.25) is 0 Å². The summed E-state index contributed by atoms with van der Waals surface area (Å²) in [5.74, 6) is 2.90. The summed E-state index contributed by atoms with van der Waals surface area (Å²) in [6.07, 6.45) is 5.73. The lowest BCUT2D eigenvalue weighted by molar-refractivity contribution is 0.224. The molecule has 0 aromatic heterocycles. The van der Waals surface area contributed by atoms with Gasteiger partial charge in [0.15, 0.2) is 0 Å². The van der Waals surface area contributed by atoms with E-state index in [9.17, 15) is 0 Å². The van der Waals surface area contributed by atoms with Gasteiger partial charge in [0, 0.05) is 41.9 Å². The fraction of sp³-hybridized carbons (Fsp3) is 0.667. The quantitative estimate of drug-likeness (QED) is 0.404. The summed E-state index contributed by atoms with van der Waals surface area (Å²) in [5.41, 5.74) is 9.68. The van der Waals surface area contributed by atoms with Gasteiger partial charge in [0.1, 0.15) is 11.1 Å². The Bertz CT molecular complexity index is 795. The first kappa shape index (κ1) is 24.2. The van der Waals surface area contributed by atoms with Gasteiger partial charge in [-0.15, -0.1) is 11.8 Å². The largest absolute Gasteiger partial charge is 0.493 e. The van der Waals surface area contributed by atoms with E-state index in [1.54, 1.807) is 0 Å². The molecule has 5 N–H and O–H groups in total. The van der Waals surface area contributed by atoms with Crippen molar-refractivity contribution in [3.8, 4) is 5.75 Å². The van der Waals surface area contributed by atoms with Crippen LogP contribution in [-0.2, 0) is 0 Å². The first-order chi connectivity index (χ1) is 15.6. The minimum Gasteiger partial charge on any atom is -0.493 e. The van der Waals surface area contributed by atoms with Crippen molar-refractivity contribution in [2.45, 2.75) is 56.6 Å². The third-order valence-corrected chi connectivity index (χ3v) is 8.45. The van der Waals surface area contributed by atoms with Gasteiger partial charge in [0.05, 0.1) is 18.5 Å². The molecule has 8 heteroatoms. The van der Waals surface area contributed by atoms with Gasteiger partial charge in [0.2, 0.25) is 0 Å². The lowest BCUT2D eigenvalue weighted by atomic mass is 9.88. The van der Waals surface area contributed by atoms with Crippen LogP contribution >= 0.6 is 23.5 Å². The number of hydrogen-bond acceptors (Lipinski definition) is 8. The molecular formula is C24H39N5OS2. The van der Waals surface area contributed by atoms with Gasteiger partial charge in [0.25, 0.3) is 0 Å². The predicted molar refractivity (Wildman–Crippen MR) is 139 cm³/mol. The van der Waals surface area contributed by atoms with E-state index in [0.717, 1.165) is 18.8 Å². The SMILES string of the molecule is CSCCN1CCC(c2ccc3c(c2)OCCC2=C3NC(C(NCN)NC(C)C)S2)CC1. The minimum absolute atomic E-state index is 0.108. The van der Waals surface area contributed by atoms with Crippen LogP contribution in [0.5, 0.6) is 5.75 Å². The predicted octanol–water partition coefficient (Wildman–Crippen LogP) is 3.17. The van der Waals surface area contributed by atoms with Crippen LogP contribution in [-0.4, -0.2) is 67.4 Å². The maximum Gasteiger partial charge on any atom is 0.128 e. The second-order valence-electron chi connectivity index (χ2n) is 9.15. The number of nitrogens with two attached hydrogens (primary N) is 1. The topological polar surface area (TPSA) is 74.6 Å². The molecule has 0 radical (unpaired) electrons. The van der Waals surface area contributed by atoms with Gasteiger partial charge < -0.3 is 20.7 Å². The van der Waals surface area contributed by atoms with Gasteiger partial charge in [-0.25, -0.2) is 0 Å². The molecule has 0 saturated carbocycles. The molecule has 0 spiro atoms. The zero-order valence-electron chi connectivity index (χ0n) is 19.7. The number of fused-ring (bicyclic) bond motifs is 2. The number of ether oxygens (including phenoxy) is 1. The van der Waals surface area contributed by atoms with E-state index in [4.69, 9.17) is 10.5 Å². The highest BCUT2D eigenvalue weighted by Gasteiger charge is 2.34. The van der Waals surface area contributed by atoms with Crippen molar-refractivity contribution in [3.05, 3.63) is 34.2 Å². The number of piperidine rings is 1. The Labute approximate surface area is 201 Å². The standard InChI is InChI=1S/C24H39N5OS2/c1-16(2)27-23(26-15-25)24-28-22-19-5-4-18(14-20(19)30-12-8-21(22)32-24)17-6-9-29(10-7-17)11-13-31-3/h4-5,14,16-17,23-24,26-28H,6-13,15,25H2,1-3H3. The van der Waals surface area contributed by atoms with Crippen LogP contribution in [0.25, 0.3) is 5.70 Å². The van der Waals surface area contributed by atoms with Crippen molar-refractivity contribution in [1.29, 1.82) is 0 Å². The van der Waals surface area contributed by atoms with Crippen LogP contribution in [0.3, 0.4) is 0 Å². The molecule has 1 aromatic rings. The zero-order chi connectivity index (χ0) is 22.5. The van der Waals surface area contributed by atoms with Crippen molar-refractivity contribution in [2.75, 3.05) is 44.9 Å². The summed E-state index contributed by atoms with van der Waals surface area (Å²) in [6.45, 7) is 9.15. The van der Waals surface area contributed by atoms with E-state index >= 15 is 0 Å². The second-order valence-corrected chi connectivity index (χ2v) is 11.4. The number of benzene rings is 1. The van der Waals surface area contributed by atoms with E-state index in [1.807, 2.05) is 23.5 Å². The third-order valence-electron chi connectivity index (χ3n) is 6.52. The molecule has 3 aliphatic rings. The molecule has 6 nitrogen and oxygen atoms in total. The summed E-state index contributed by atoms with van der Waals surface area (Å²) in [5, 5.41) is 11.0. The summed E-state index contributed by atoms with van der Waals surface area (Å²) < 4.78 is 6.24. The molecule has 2 atom stereocenters. The van der Waals surface area contributed by atoms with Crippen molar-refractivity contribution in [1.82, 2.24) is 20.9 Å². The Kier molecular flexibility index (Phi) is 8.70. The van der Waals surface area contributed by atoms with Gasteiger partial charge in [-0.1, -0.05) is 6.07 Å². The van der Waals surface area contributed by atoms with Crippen molar-refractivity contribution in [2.24, 2.45) is 5.73 Å². The van der Waals surface area contributed by atoms with Gasteiger partial charge in [-0.05, 0) is 69.6 Å². The average Bonchev–Trinajstić information content (AvgIpc) is 3.14. The summed E-state index contributed by atoms with van der Waals surface area (Å²) in [6, 6.07) is 7.31. The van der Waals surface area contributed by atoms with Gasteiger partial charge in [-0.3, -0.25) is 10.6 Å². The summed E-state index contributed by atoms with van der Waals surface area (Å²) in [4.78, 5) is 4.00. The van der Waals surface area contributed by atoms with E-state index in [-0.39, 0.29) is 11.5 Å². The fourth-order valence-electron chi connectivity index (χ4n) is 4.85. The number of rotatable bonds is 9. The van der Waals surface area contributed by atoms with Crippen LogP contribution in [0.4, 0.5) is 0 Å². The summed E-state index contributed by atoms with van der Waals surface area (Å²) in [7, 11) is 0. The Hall–Kier alpha value is -0.900. The molecule has 178 valence electrons. The molecule has 0 bridgehead atoms. The second kappa shape index (κ2) is 11.5. The Morgan fingerprint density at radius 2 is 2.12 bits per heavy atom. The Morgan fingerprint density at radius 3 is 2.84 bits per heavy atom. The van der Waals surface area contributed by atoms with E-state index in [0.29, 0.717) is 18.6 Å². The first-order valence-corrected chi connectivity index (χ1v) is 14.2. The van der Waals surface area contributed by atoms with Crippen molar-refractivity contribution >= 4 is 29.2 Å². The number of nitrogens with one attached hydrogen (secondary N) is 3. The highest BCUT2D eigenvalue weighted by molar-refractivity contribution is 8.04. The Balaban J connectivity index is 1.45. The Morgan fingerprint density at radius 1 is 1.31 bits per heavy atom. The third kappa shape index (κ3) is 5.77. The van der Waals surface area contributed by atoms with Crippen LogP contribution in [0, 0.1) is 0 Å². The lowest BCUT2D eigenvalue weighted by Gasteiger charge is -2.32. The molecule has 0 amide bonds. The van der Waals surface area contributed by atoms with Crippen LogP contribution in [0.1, 0.15) is 50.2 Å². The maximum absolute atomic E-state index is 6.24. The minimum atomic E-state index is 0.108. The monoisotopic (exact) mass is 477 g/mol. The molecular weight excluding hydrogens is 438 g/mol. The van der Waals surface area contributed by atoms with Crippen molar-refractivity contribution in [3.63, 3.8) is 0 Å². The van der Waals surface area contributed by atoms with Crippen molar-refractivity contribution < 1.29 is 4.74 Å². The molecule has 0 aliphatic carbocycles. The highest BCUT2D eigenvalue weighted by atomic mass is 32.2. The van der Waals surface area contributed by atoms with Gasteiger partial charge >= 0.3 is 0 Å². The normalized spacial score (nSPS) is 22.8. The molecule has 3 heterocycles. The van der Waals surface area contributed by atoms with Gasteiger partial charge in [-0.2, -0.15) is 11.8 Å². The maximum atomic E-state index is 6.24. The first-order valence-electron chi connectivity index (χ1n) is 11.9. The zero-order valence-corrected chi connectivity index (χ0v) is 21.3. The molecule has 2 unspecified atom stereocenters. The molecule has 1 aromatic carbocycles. The molecule has 3 aliphatic heterocycles. The average molecular weight is 478 g/mol.